The minimum Gasteiger partial charge on any atom is -0.424 e. The molecule has 0 bridgehead atoms. The van der Waals surface area contributed by atoms with Crippen LogP contribution in [0.3, 0.4) is 0 Å². The molecule has 1 heterocycles. The van der Waals surface area contributed by atoms with E-state index in [0.717, 1.165) is 6.42 Å². The molecule has 0 amide bonds. The quantitative estimate of drug-likeness (QED) is 0.914. The molecule has 1 saturated carbocycles. The second-order valence-corrected chi connectivity index (χ2v) is 6.03. The van der Waals surface area contributed by atoms with Gasteiger partial charge in [-0.15, -0.1) is 10.2 Å². The van der Waals surface area contributed by atoms with Gasteiger partial charge in [0.1, 0.15) is 0 Å². The van der Waals surface area contributed by atoms with E-state index in [1.165, 1.54) is 24.8 Å². The van der Waals surface area contributed by atoms with Crippen LogP contribution in [0, 0.1) is 12.8 Å². The van der Waals surface area contributed by atoms with Crippen molar-refractivity contribution in [3.05, 3.63) is 47.7 Å². The molecule has 0 spiro atoms. The van der Waals surface area contributed by atoms with Gasteiger partial charge in [0, 0.05) is 13.0 Å². The molecule has 1 aromatic carbocycles. The Labute approximate surface area is 126 Å². The molecular formula is C17H23N3O. The van der Waals surface area contributed by atoms with E-state index < -0.39 is 0 Å². The Morgan fingerprint density at radius 1 is 1.24 bits per heavy atom. The summed E-state index contributed by atoms with van der Waals surface area (Å²) < 4.78 is 5.52. The van der Waals surface area contributed by atoms with Gasteiger partial charge in [0.2, 0.25) is 11.8 Å². The Morgan fingerprint density at radius 3 is 2.76 bits per heavy atom. The molecule has 112 valence electrons. The molecule has 0 radical (unpaired) electrons. The number of aromatic nitrogens is 2. The highest BCUT2D eigenvalue weighted by Gasteiger charge is 2.29. The average molecular weight is 285 g/mol. The van der Waals surface area contributed by atoms with Gasteiger partial charge in [-0.3, -0.25) is 0 Å². The predicted octanol–water partition coefficient (Wildman–Crippen LogP) is 3.44. The molecular weight excluding hydrogens is 262 g/mol. The van der Waals surface area contributed by atoms with Crippen LogP contribution in [0.25, 0.3) is 0 Å². The summed E-state index contributed by atoms with van der Waals surface area (Å²) in [5.41, 5.74) is 1.43. The molecule has 4 heteroatoms. The molecule has 3 rings (SSSR count). The zero-order valence-corrected chi connectivity index (χ0v) is 12.7. The minimum absolute atomic E-state index is 0.118. The lowest BCUT2D eigenvalue weighted by molar-refractivity contribution is 0.326. The van der Waals surface area contributed by atoms with Crippen LogP contribution in [0.4, 0.5) is 0 Å². The maximum Gasteiger partial charge on any atom is 0.233 e. The molecule has 1 aromatic heterocycles. The van der Waals surface area contributed by atoms with Crippen molar-refractivity contribution >= 4 is 0 Å². The Kier molecular flexibility index (Phi) is 4.34. The van der Waals surface area contributed by atoms with Crippen molar-refractivity contribution in [1.29, 1.82) is 0 Å². The Balaban J connectivity index is 1.61. The van der Waals surface area contributed by atoms with E-state index in [1.54, 1.807) is 0 Å². The van der Waals surface area contributed by atoms with Gasteiger partial charge < -0.3 is 9.73 Å². The van der Waals surface area contributed by atoms with Crippen LogP contribution in [-0.2, 0) is 6.42 Å². The van der Waals surface area contributed by atoms with E-state index in [-0.39, 0.29) is 6.04 Å². The highest BCUT2D eigenvalue weighted by Crippen LogP contribution is 2.30. The third-order valence-electron chi connectivity index (χ3n) is 4.38. The normalized spacial score (nSPS) is 23.3. The van der Waals surface area contributed by atoms with E-state index in [2.05, 4.69) is 52.8 Å². The third-order valence-corrected chi connectivity index (χ3v) is 4.38. The van der Waals surface area contributed by atoms with Crippen molar-refractivity contribution in [1.82, 2.24) is 15.5 Å². The first kappa shape index (κ1) is 14.3. The molecule has 1 N–H and O–H groups in total. The lowest BCUT2D eigenvalue weighted by atomic mass is 9.94. The first-order valence-electron chi connectivity index (χ1n) is 7.82. The fraction of sp³-hybridized carbons (Fsp3) is 0.529. The van der Waals surface area contributed by atoms with Crippen molar-refractivity contribution in [2.45, 2.75) is 51.6 Å². The molecule has 3 atom stereocenters. The number of hydrogen-bond donors (Lipinski definition) is 1. The Morgan fingerprint density at radius 2 is 2.05 bits per heavy atom. The van der Waals surface area contributed by atoms with Gasteiger partial charge in [-0.2, -0.15) is 0 Å². The van der Waals surface area contributed by atoms with Gasteiger partial charge in [0.05, 0.1) is 6.04 Å². The first-order valence-corrected chi connectivity index (χ1v) is 7.82. The summed E-state index contributed by atoms with van der Waals surface area (Å²) in [6.07, 6.45) is 4.97. The highest BCUT2D eigenvalue weighted by molar-refractivity contribution is 5.16. The molecule has 21 heavy (non-hydrogen) atoms. The number of rotatable bonds is 5. The summed E-state index contributed by atoms with van der Waals surface area (Å²) in [5.74, 6) is 2.02. The number of aryl methyl sites for hydroxylation is 1. The first-order chi connectivity index (χ1) is 10.2. The molecule has 1 aliphatic rings. The van der Waals surface area contributed by atoms with Crippen LogP contribution in [-0.4, -0.2) is 16.2 Å². The molecule has 0 unspecified atom stereocenters. The number of nitrogens with one attached hydrogen (secondary N) is 1. The SMILES string of the molecule is Cc1nnc([C@H](C)N[C@@H]2CCC[C@H]2Cc2ccccc2)o1. The average Bonchev–Trinajstić information content (AvgIpc) is 3.10. The number of hydrogen-bond acceptors (Lipinski definition) is 4. The van der Waals surface area contributed by atoms with Gasteiger partial charge in [-0.25, -0.2) is 0 Å². The smallest absolute Gasteiger partial charge is 0.233 e. The zero-order chi connectivity index (χ0) is 14.7. The van der Waals surface area contributed by atoms with Crippen LogP contribution in [0.2, 0.25) is 0 Å². The highest BCUT2D eigenvalue weighted by atomic mass is 16.4. The third kappa shape index (κ3) is 3.50. The largest absolute Gasteiger partial charge is 0.424 e. The molecule has 2 aromatic rings. The molecule has 1 aliphatic carbocycles. The predicted molar refractivity (Wildman–Crippen MR) is 81.9 cm³/mol. The molecule has 0 saturated heterocycles. The maximum absolute atomic E-state index is 5.52. The van der Waals surface area contributed by atoms with E-state index in [4.69, 9.17) is 4.42 Å². The van der Waals surface area contributed by atoms with Crippen LogP contribution in [0.5, 0.6) is 0 Å². The van der Waals surface area contributed by atoms with Crippen LogP contribution in [0.1, 0.15) is 49.6 Å². The zero-order valence-electron chi connectivity index (χ0n) is 12.7. The van der Waals surface area contributed by atoms with Gasteiger partial charge >= 0.3 is 0 Å². The van der Waals surface area contributed by atoms with E-state index >= 15 is 0 Å². The van der Waals surface area contributed by atoms with Crippen molar-refractivity contribution in [2.75, 3.05) is 0 Å². The van der Waals surface area contributed by atoms with Crippen LogP contribution in [0.15, 0.2) is 34.7 Å². The fourth-order valence-electron chi connectivity index (χ4n) is 3.30. The Bertz CT molecular complexity index is 566. The lowest BCUT2D eigenvalue weighted by Gasteiger charge is -2.23. The van der Waals surface area contributed by atoms with E-state index in [0.29, 0.717) is 23.7 Å². The molecule has 1 fully saturated rings. The number of benzene rings is 1. The summed E-state index contributed by atoms with van der Waals surface area (Å²) in [7, 11) is 0. The monoisotopic (exact) mass is 285 g/mol. The standard InChI is InChI=1S/C17H23N3O/c1-12(17-20-19-13(2)21-17)18-16-10-6-9-15(16)11-14-7-4-3-5-8-14/h3-5,7-8,12,15-16,18H,6,9-11H2,1-2H3/t12-,15-,16+/m0/s1. The summed E-state index contributed by atoms with van der Waals surface area (Å²) >= 11 is 0. The summed E-state index contributed by atoms with van der Waals surface area (Å²) in [6, 6.07) is 11.4. The van der Waals surface area contributed by atoms with Crippen LogP contribution >= 0.6 is 0 Å². The van der Waals surface area contributed by atoms with Crippen molar-refractivity contribution in [3.63, 3.8) is 0 Å². The van der Waals surface area contributed by atoms with Crippen molar-refractivity contribution in [3.8, 4) is 0 Å². The molecule has 0 aliphatic heterocycles. The van der Waals surface area contributed by atoms with Gasteiger partial charge in [-0.1, -0.05) is 36.8 Å². The minimum atomic E-state index is 0.118. The summed E-state index contributed by atoms with van der Waals surface area (Å²) in [4.78, 5) is 0. The maximum atomic E-state index is 5.52. The summed E-state index contributed by atoms with van der Waals surface area (Å²) in [5, 5.41) is 11.7. The summed E-state index contributed by atoms with van der Waals surface area (Å²) in [6.45, 7) is 3.93. The van der Waals surface area contributed by atoms with Crippen LogP contribution < -0.4 is 5.32 Å². The van der Waals surface area contributed by atoms with Gasteiger partial charge in [0.25, 0.3) is 0 Å². The molecule has 4 nitrogen and oxygen atoms in total. The number of nitrogens with zero attached hydrogens (tertiary/aromatic N) is 2. The second kappa shape index (κ2) is 6.39. The lowest BCUT2D eigenvalue weighted by Crippen LogP contribution is -2.35. The van der Waals surface area contributed by atoms with E-state index in [9.17, 15) is 0 Å². The topological polar surface area (TPSA) is 51.0 Å². The second-order valence-electron chi connectivity index (χ2n) is 6.03. The van der Waals surface area contributed by atoms with Crippen molar-refractivity contribution in [2.24, 2.45) is 5.92 Å². The van der Waals surface area contributed by atoms with Gasteiger partial charge in [0.15, 0.2) is 0 Å². The fourth-order valence-corrected chi connectivity index (χ4v) is 3.30. The van der Waals surface area contributed by atoms with Gasteiger partial charge in [-0.05, 0) is 37.7 Å². The Hall–Kier alpha value is -1.68. The van der Waals surface area contributed by atoms with E-state index in [1.807, 2.05) is 6.92 Å². The van der Waals surface area contributed by atoms with Crippen molar-refractivity contribution < 1.29 is 4.42 Å².